The molecule has 0 bridgehead atoms. The van der Waals surface area contributed by atoms with Crippen LogP contribution < -0.4 is 10.2 Å². The highest BCUT2D eigenvalue weighted by Gasteiger charge is 2.30. The van der Waals surface area contributed by atoms with Gasteiger partial charge in [-0.25, -0.2) is 0 Å². The second-order valence-corrected chi connectivity index (χ2v) is 8.14. The van der Waals surface area contributed by atoms with E-state index in [2.05, 4.69) is 46.5 Å². The zero-order chi connectivity index (χ0) is 21.6. The first kappa shape index (κ1) is 24.5. The summed E-state index contributed by atoms with van der Waals surface area (Å²) >= 11 is 0. The Morgan fingerprint density at radius 1 is 1.28 bits per heavy atom. The van der Waals surface area contributed by atoms with Gasteiger partial charge >= 0.3 is 0 Å². The molecule has 0 saturated carbocycles. The molecule has 1 N–H and O–H groups in total. The number of anilines is 1. The van der Waals surface area contributed by atoms with Crippen molar-refractivity contribution in [2.24, 2.45) is 18.0 Å². The van der Waals surface area contributed by atoms with Gasteiger partial charge in [0.1, 0.15) is 6.54 Å². The fourth-order valence-electron chi connectivity index (χ4n) is 4.35. The van der Waals surface area contributed by atoms with Crippen LogP contribution >= 0.6 is 24.0 Å². The summed E-state index contributed by atoms with van der Waals surface area (Å²) in [5.74, 6) is 1.20. The molecule has 174 valence electrons. The number of hydrogen-bond acceptors (Lipinski definition) is 4. The Balaban J connectivity index is 0.00000289. The molecule has 1 amide bonds. The van der Waals surface area contributed by atoms with Gasteiger partial charge in [0.15, 0.2) is 5.96 Å². The quantitative estimate of drug-likeness (QED) is 0.351. The number of benzene rings is 1. The van der Waals surface area contributed by atoms with Crippen LogP contribution in [0, 0.1) is 5.92 Å². The third kappa shape index (κ3) is 5.80. The van der Waals surface area contributed by atoms with E-state index >= 15 is 0 Å². The third-order valence-corrected chi connectivity index (χ3v) is 5.91. The van der Waals surface area contributed by atoms with Crippen molar-refractivity contribution in [1.82, 2.24) is 20.0 Å². The Hall–Kier alpha value is -2.14. The van der Waals surface area contributed by atoms with Crippen molar-refractivity contribution >= 4 is 41.5 Å². The first-order chi connectivity index (χ1) is 15.2. The number of rotatable bonds is 5. The Kier molecular flexibility index (Phi) is 8.92. The van der Waals surface area contributed by atoms with Gasteiger partial charge in [0.05, 0.1) is 18.0 Å². The van der Waals surface area contributed by atoms with E-state index in [9.17, 15) is 4.79 Å². The molecule has 3 heterocycles. The van der Waals surface area contributed by atoms with Crippen LogP contribution in [0.4, 0.5) is 5.69 Å². The van der Waals surface area contributed by atoms with Gasteiger partial charge in [0.25, 0.3) is 0 Å². The zero-order valence-electron chi connectivity index (χ0n) is 18.8. The number of aryl methyl sites for hydroxylation is 1. The van der Waals surface area contributed by atoms with Gasteiger partial charge in [-0.05, 0) is 25.3 Å². The average Bonchev–Trinajstić information content (AvgIpc) is 3.23. The lowest BCUT2D eigenvalue weighted by Crippen LogP contribution is -2.55. The first-order valence-corrected chi connectivity index (χ1v) is 11.1. The lowest BCUT2D eigenvalue weighted by molar-refractivity contribution is -0.120. The molecule has 9 heteroatoms. The molecule has 2 saturated heterocycles. The summed E-state index contributed by atoms with van der Waals surface area (Å²) in [5.41, 5.74) is 2.06. The average molecular weight is 552 g/mol. The molecule has 2 fully saturated rings. The number of aromatic nitrogens is 2. The van der Waals surface area contributed by atoms with E-state index in [1.165, 1.54) is 5.56 Å². The van der Waals surface area contributed by atoms with Crippen molar-refractivity contribution in [3.63, 3.8) is 0 Å². The van der Waals surface area contributed by atoms with Gasteiger partial charge in [0, 0.05) is 51.9 Å². The SMILES string of the molecule is CCNC(=NCC1CCCOC1c1ccccc1)N1CCN(c2cnn(C)c2)C(=O)C1.I. The number of halogens is 1. The minimum Gasteiger partial charge on any atom is -0.373 e. The molecule has 0 spiro atoms. The summed E-state index contributed by atoms with van der Waals surface area (Å²) < 4.78 is 7.84. The number of piperazine rings is 1. The largest absolute Gasteiger partial charge is 0.373 e. The standard InChI is InChI=1S/C23H32N6O2.HI/c1-3-24-23(28-11-12-29(21(30)17-28)20-15-26-27(2)16-20)25-14-19-10-7-13-31-22(19)18-8-5-4-6-9-18;/h4-6,8-9,15-16,19,22H,3,7,10-14,17H2,1-2H3,(H,24,25);1H. The summed E-state index contributed by atoms with van der Waals surface area (Å²) in [5, 5.41) is 7.56. The second-order valence-electron chi connectivity index (χ2n) is 8.14. The Labute approximate surface area is 207 Å². The topological polar surface area (TPSA) is 75.0 Å². The molecule has 4 rings (SSSR count). The van der Waals surface area contributed by atoms with Gasteiger partial charge in [0.2, 0.25) is 5.91 Å². The number of carbonyl (C=O) groups excluding carboxylic acids is 1. The summed E-state index contributed by atoms with van der Waals surface area (Å²) in [4.78, 5) is 21.6. The number of ether oxygens (including phenoxy) is 1. The van der Waals surface area contributed by atoms with Crippen molar-refractivity contribution in [2.45, 2.75) is 25.9 Å². The molecule has 2 aliphatic heterocycles. The van der Waals surface area contributed by atoms with E-state index in [1.807, 2.05) is 19.3 Å². The lowest BCUT2D eigenvalue weighted by atomic mass is 9.89. The van der Waals surface area contributed by atoms with Crippen LogP contribution in [0.25, 0.3) is 0 Å². The van der Waals surface area contributed by atoms with Crippen LogP contribution in [-0.4, -0.2) is 65.9 Å². The molecule has 2 atom stereocenters. The van der Waals surface area contributed by atoms with Crippen LogP contribution in [0.1, 0.15) is 31.4 Å². The molecule has 1 aromatic heterocycles. The Bertz CT molecular complexity index is 903. The van der Waals surface area contributed by atoms with Crippen LogP contribution in [-0.2, 0) is 16.6 Å². The van der Waals surface area contributed by atoms with Crippen LogP contribution in [0.3, 0.4) is 0 Å². The van der Waals surface area contributed by atoms with Gasteiger partial charge in [-0.15, -0.1) is 24.0 Å². The summed E-state index contributed by atoms with van der Waals surface area (Å²) in [6.45, 7) is 5.95. The number of nitrogens with zero attached hydrogens (tertiary/aromatic N) is 5. The van der Waals surface area contributed by atoms with Crippen LogP contribution in [0.5, 0.6) is 0 Å². The molecule has 1 aromatic carbocycles. The van der Waals surface area contributed by atoms with Crippen LogP contribution in [0.2, 0.25) is 0 Å². The highest BCUT2D eigenvalue weighted by atomic mass is 127. The highest BCUT2D eigenvalue weighted by Crippen LogP contribution is 2.33. The first-order valence-electron chi connectivity index (χ1n) is 11.1. The van der Waals surface area contributed by atoms with Crippen molar-refractivity contribution in [1.29, 1.82) is 0 Å². The van der Waals surface area contributed by atoms with Crippen molar-refractivity contribution in [2.75, 3.05) is 44.2 Å². The van der Waals surface area contributed by atoms with Gasteiger partial charge in [-0.1, -0.05) is 30.3 Å². The number of amides is 1. The number of guanidine groups is 1. The van der Waals surface area contributed by atoms with E-state index < -0.39 is 0 Å². The number of aliphatic imine (C=N–C) groups is 1. The van der Waals surface area contributed by atoms with Gasteiger partial charge in [-0.2, -0.15) is 5.10 Å². The molecule has 2 aliphatic rings. The van der Waals surface area contributed by atoms with E-state index in [0.717, 1.165) is 44.2 Å². The van der Waals surface area contributed by atoms with Crippen molar-refractivity contribution < 1.29 is 9.53 Å². The van der Waals surface area contributed by atoms with Gasteiger partial charge < -0.3 is 19.9 Å². The van der Waals surface area contributed by atoms with Crippen molar-refractivity contribution in [3.05, 3.63) is 48.3 Å². The maximum absolute atomic E-state index is 12.8. The summed E-state index contributed by atoms with van der Waals surface area (Å²) in [6.07, 6.45) is 5.84. The smallest absolute Gasteiger partial charge is 0.246 e. The van der Waals surface area contributed by atoms with Crippen molar-refractivity contribution in [3.8, 4) is 0 Å². The molecule has 0 aliphatic carbocycles. The predicted molar refractivity (Wildman–Crippen MR) is 136 cm³/mol. The fourth-order valence-corrected chi connectivity index (χ4v) is 4.35. The summed E-state index contributed by atoms with van der Waals surface area (Å²) in [7, 11) is 1.86. The Morgan fingerprint density at radius 3 is 2.78 bits per heavy atom. The molecule has 2 unspecified atom stereocenters. The lowest BCUT2D eigenvalue weighted by Gasteiger charge is -2.36. The van der Waals surface area contributed by atoms with Crippen LogP contribution in [0.15, 0.2) is 47.7 Å². The molecular weight excluding hydrogens is 519 g/mol. The monoisotopic (exact) mass is 552 g/mol. The van der Waals surface area contributed by atoms with E-state index in [1.54, 1.807) is 15.8 Å². The minimum atomic E-state index is 0. The maximum Gasteiger partial charge on any atom is 0.246 e. The Morgan fingerprint density at radius 2 is 2.09 bits per heavy atom. The van der Waals surface area contributed by atoms with E-state index in [4.69, 9.17) is 9.73 Å². The summed E-state index contributed by atoms with van der Waals surface area (Å²) in [6, 6.07) is 10.4. The molecule has 8 nitrogen and oxygen atoms in total. The molecule has 32 heavy (non-hydrogen) atoms. The molecular formula is C23H33IN6O2. The maximum atomic E-state index is 12.8. The van der Waals surface area contributed by atoms with E-state index in [-0.39, 0.29) is 36.0 Å². The molecule has 2 aromatic rings. The zero-order valence-corrected chi connectivity index (χ0v) is 21.1. The molecule has 0 radical (unpaired) electrons. The number of nitrogens with one attached hydrogen (secondary N) is 1. The minimum absolute atomic E-state index is 0. The van der Waals surface area contributed by atoms with E-state index in [0.29, 0.717) is 25.6 Å². The highest BCUT2D eigenvalue weighted by molar-refractivity contribution is 14.0. The number of hydrogen-bond donors (Lipinski definition) is 1. The predicted octanol–water partition coefficient (Wildman–Crippen LogP) is 2.82. The number of carbonyl (C=O) groups is 1. The normalized spacial score (nSPS) is 21.9. The fraction of sp³-hybridized carbons (Fsp3) is 0.522. The third-order valence-electron chi connectivity index (χ3n) is 5.91. The second kappa shape index (κ2) is 11.6. The van der Waals surface area contributed by atoms with Gasteiger partial charge in [-0.3, -0.25) is 14.5 Å².